The highest BCUT2D eigenvalue weighted by Crippen LogP contribution is 1.63. The molecule has 0 atom stereocenters. The molecule has 0 spiro atoms. The molecule has 0 aliphatic rings. The quantitative estimate of drug-likeness (QED) is 0.421. The SMILES string of the molecule is [CH]OC(=O)O. The molecule has 0 aromatic carbocycles. The molecule has 0 amide bonds. The number of ether oxygens (including phenoxy) is 1. The van der Waals surface area contributed by atoms with Crippen LogP contribution in [0.1, 0.15) is 0 Å². The summed E-state index contributed by atoms with van der Waals surface area (Å²) in [5.74, 6) is 0. The van der Waals surface area contributed by atoms with Gasteiger partial charge in [-0.2, -0.15) is 0 Å². The van der Waals surface area contributed by atoms with Crippen LogP contribution in [0.25, 0.3) is 0 Å². The monoisotopic (exact) mass is 74.0 g/mol. The molecule has 0 fully saturated rings. The fraction of sp³-hybridized carbons (Fsp3) is 0. The molecule has 5 heavy (non-hydrogen) atoms. The highest BCUT2D eigenvalue weighted by atomic mass is 16.6. The average molecular weight is 74.0 g/mol. The first kappa shape index (κ1) is 4.27. The summed E-state index contributed by atoms with van der Waals surface area (Å²) in [6, 6.07) is 0. The molecular formula is C2H2O3. The summed E-state index contributed by atoms with van der Waals surface area (Å²) in [6.07, 6.45) is -1.47. The van der Waals surface area contributed by atoms with Gasteiger partial charge in [-0.25, -0.2) is 4.79 Å². The third-order valence-electron chi connectivity index (χ3n) is 0.101. The minimum atomic E-state index is -1.47. The van der Waals surface area contributed by atoms with Gasteiger partial charge in [-0.1, -0.05) is 0 Å². The maximum absolute atomic E-state index is 9.02. The molecule has 0 unspecified atom stereocenters. The van der Waals surface area contributed by atoms with Gasteiger partial charge in [0.1, 0.15) is 0 Å². The van der Waals surface area contributed by atoms with Gasteiger partial charge >= 0.3 is 6.16 Å². The lowest BCUT2D eigenvalue weighted by molar-refractivity contribution is 0.126. The Balaban J connectivity index is 2.85. The smallest absolute Gasteiger partial charge is 0.450 e. The van der Waals surface area contributed by atoms with Crippen LogP contribution in [0.15, 0.2) is 0 Å². The van der Waals surface area contributed by atoms with E-state index in [1.54, 1.807) is 0 Å². The second kappa shape index (κ2) is 1.58. The fourth-order valence-electron chi connectivity index (χ4n) is 0. The first-order chi connectivity index (χ1) is 2.27. The lowest BCUT2D eigenvalue weighted by atomic mass is 11.4. The van der Waals surface area contributed by atoms with Crippen molar-refractivity contribution in [2.24, 2.45) is 0 Å². The molecule has 0 saturated carbocycles. The third-order valence-corrected chi connectivity index (χ3v) is 0.101. The number of rotatable bonds is 0. The Labute approximate surface area is 29.2 Å². The molecule has 0 rings (SSSR count). The zero-order chi connectivity index (χ0) is 4.28. The molecule has 0 aromatic rings. The topological polar surface area (TPSA) is 46.5 Å². The first-order valence-electron chi connectivity index (χ1n) is 0.868. The van der Waals surface area contributed by atoms with E-state index >= 15 is 0 Å². The molecule has 3 nitrogen and oxygen atoms in total. The molecule has 0 saturated heterocycles. The molecule has 0 aliphatic carbocycles. The summed E-state index contributed by atoms with van der Waals surface area (Å²) in [5.41, 5.74) is 0. The van der Waals surface area contributed by atoms with Crippen molar-refractivity contribution in [1.29, 1.82) is 0 Å². The third kappa shape index (κ3) is 3.27. The average Bonchev–Trinajstić information content (AvgIpc) is 1.38. The van der Waals surface area contributed by atoms with Gasteiger partial charge in [0.2, 0.25) is 0 Å². The predicted octanol–water partition coefficient (Wildman–Crippen LogP) is 0.350. The molecule has 2 radical (unpaired) electrons. The van der Waals surface area contributed by atoms with Crippen molar-refractivity contribution in [3.63, 3.8) is 0 Å². The van der Waals surface area contributed by atoms with Crippen molar-refractivity contribution in [3.8, 4) is 0 Å². The van der Waals surface area contributed by atoms with Crippen LogP contribution in [0, 0.1) is 7.11 Å². The van der Waals surface area contributed by atoms with E-state index in [-0.39, 0.29) is 0 Å². The number of carboxylic acid groups (broad SMARTS) is 1. The Morgan fingerprint density at radius 1 is 2.00 bits per heavy atom. The molecule has 0 aliphatic heterocycles. The molecule has 0 bridgehead atoms. The van der Waals surface area contributed by atoms with Crippen LogP contribution in [0.2, 0.25) is 0 Å². The molecule has 0 aromatic heterocycles. The molecule has 3 heteroatoms. The van der Waals surface area contributed by atoms with Crippen LogP contribution < -0.4 is 0 Å². The number of hydrogen-bond acceptors (Lipinski definition) is 2. The van der Waals surface area contributed by atoms with E-state index < -0.39 is 6.16 Å². The maximum atomic E-state index is 9.02. The van der Waals surface area contributed by atoms with E-state index in [2.05, 4.69) is 11.8 Å². The van der Waals surface area contributed by atoms with Crippen molar-refractivity contribution in [1.82, 2.24) is 0 Å². The zero-order valence-corrected chi connectivity index (χ0v) is 2.34. The van der Waals surface area contributed by atoms with Crippen LogP contribution >= 0.6 is 0 Å². The van der Waals surface area contributed by atoms with Crippen molar-refractivity contribution in [2.75, 3.05) is 0 Å². The van der Waals surface area contributed by atoms with E-state index in [0.29, 0.717) is 0 Å². The van der Waals surface area contributed by atoms with Gasteiger partial charge in [0, 0.05) is 0 Å². The first-order valence-corrected chi connectivity index (χ1v) is 0.868. The van der Waals surface area contributed by atoms with Crippen LogP contribution in [-0.2, 0) is 4.74 Å². The normalized spacial score (nSPS) is 6.60. The second-order valence-corrected chi connectivity index (χ2v) is 0.384. The molecule has 0 heterocycles. The minimum Gasteiger partial charge on any atom is -0.450 e. The molecule has 1 N–H and O–H groups in total. The van der Waals surface area contributed by atoms with Crippen LogP contribution in [-0.4, -0.2) is 11.3 Å². The van der Waals surface area contributed by atoms with Crippen LogP contribution in [0.5, 0.6) is 0 Å². The van der Waals surface area contributed by atoms with Gasteiger partial charge in [-0.15, -0.1) is 0 Å². The summed E-state index contributed by atoms with van der Waals surface area (Å²) >= 11 is 0. The Kier molecular flexibility index (Phi) is 1.35. The van der Waals surface area contributed by atoms with Crippen LogP contribution in [0.3, 0.4) is 0 Å². The Hall–Kier alpha value is -0.730. The largest absolute Gasteiger partial charge is 0.506 e. The van der Waals surface area contributed by atoms with E-state index in [0.717, 1.165) is 0 Å². The van der Waals surface area contributed by atoms with Crippen molar-refractivity contribution in [2.45, 2.75) is 0 Å². The van der Waals surface area contributed by atoms with E-state index in [1.165, 1.54) is 0 Å². The summed E-state index contributed by atoms with van der Waals surface area (Å²) in [4.78, 5) is 9.02. The minimum absolute atomic E-state index is 1.47. The fourth-order valence-corrected chi connectivity index (χ4v) is 0. The maximum Gasteiger partial charge on any atom is 0.506 e. The molecular weight excluding hydrogens is 72.0 g/mol. The summed E-state index contributed by atoms with van der Waals surface area (Å²) in [5, 5.41) is 7.38. The standard InChI is InChI=1S/C2H2O3/c1-5-2(3)4/h1H,(H,3,4). The Morgan fingerprint density at radius 3 is 2.20 bits per heavy atom. The lowest BCUT2D eigenvalue weighted by Crippen LogP contribution is -1.88. The second-order valence-electron chi connectivity index (χ2n) is 0.384. The zero-order valence-electron chi connectivity index (χ0n) is 2.34. The van der Waals surface area contributed by atoms with Gasteiger partial charge < -0.3 is 9.84 Å². The van der Waals surface area contributed by atoms with Gasteiger partial charge in [-0.05, 0) is 0 Å². The van der Waals surface area contributed by atoms with Crippen molar-refractivity contribution < 1.29 is 14.6 Å². The van der Waals surface area contributed by atoms with E-state index in [9.17, 15) is 0 Å². The van der Waals surface area contributed by atoms with Crippen molar-refractivity contribution in [3.05, 3.63) is 7.11 Å². The Morgan fingerprint density at radius 2 is 2.20 bits per heavy atom. The van der Waals surface area contributed by atoms with E-state index in [4.69, 9.17) is 9.90 Å². The number of carbonyl (C=O) groups is 1. The van der Waals surface area contributed by atoms with Crippen molar-refractivity contribution >= 4 is 6.16 Å². The number of hydrogen-bond donors (Lipinski definition) is 1. The highest BCUT2D eigenvalue weighted by molar-refractivity contribution is 5.56. The highest BCUT2D eigenvalue weighted by Gasteiger charge is 1.81. The van der Waals surface area contributed by atoms with Gasteiger partial charge in [0.05, 0.1) is 0 Å². The van der Waals surface area contributed by atoms with Gasteiger partial charge in [-0.3, -0.25) is 0 Å². The van der Waals surface area contributed by atoms with Gasteiger partial charge in [0.15, 0.2) is 7.11 Å². The van der Waals surface area contributed by atoms with Gasteiger partial charge in [0.25, 0.3) is 0 Å². The molecule has 28 valence electrons. The van der Waals surface area contributed by atoms with E-state index in [1.807, 2.05) is 0 Å². The Bertz CT molecular complexity index is 40.2. The summed E-state index contributed by atoms with van der Waals surface area (Å²) in [6.45, 7) is 0. The summed E-state index contributed by atoms with van der Waals surface area (Å²) < 4.78 is 3.17. The lowest BCUT2D eigenvalue weighted by Gasteiger charge is -1.77. The summed E-state index contributed by atoms with van der Waals surface area (Å²) in [7, 11) is 4.07. The predicted molar refractivity (Wildman–Crippen MR) is 13.4 cm³/mol. The van der Waals surface area contributed by atoms with Crippen LogP contribution in [0.4, 0.5) is 4.79 Å².